The summed E-state index contributed by atoms with van der Waals surface area (Å²) >= 11 is 1.40. The second-order valence-corrected chi connectivity index (χ2v) is 12.3. The Morgan fingerprint density at radius 1 is 1.00 bits per heavy atom. The van der Waals surface area contributed by atoms with Crippen LogP contribution in [0.25, 0.3) is 10.1 Å². The summed E-state index contributed by atoms with van der Waals surface area (Å²) in [4.78, 5) is 55.2. The van der Waals surface area contributed by atoms with Crippen LogP contribution in [0.15, 0.2) is 30.3 Å². The molecule has 4 amide bonds. The van der Waals surface area contributed by atoms with Crippen LogP contribution in [-0.4, -0.2) is 76.5 Å². The smallest absolute Gasteiger partial charge is 0.405 e. The highest BCUT2D eigenvalue weighted by molar-refractivity contribution is 7.20. The quantitative estimate of drug-likeness (QED) is 0.503. The molecule has 10 heteroatoms. The van der Waals surface area contributed by atoms with Crippen LogP contribution >= 0.6 is 11.3 Å². The average molecular weight is 531 g/mol. The Kier molecular flexibility index (Phi) is 8.52. The van der Waals surface area contributed by atoms with Gasteiger partial charge < -0.3 is 25.5 Å². The fourth-order valence-corrected chi connectivity index (χ4v) is 5.42. The molecule has 2 aromatic rings. The molecule has 1 aliphatic rings. The molecule has 3 N–H and O–H groups in total. The lowest BCUT2D eigenvalue weighted by Gasteiger charge is -2.45. The lowest BCUT2D eigenvalue weighted by atomic mass is 9.73. The maximum Gasteiger partial charge on any atom is 0.405 e. The number of thiophene rings is 1. The molecule has 0 spiro atoms. The van der Waals surface area contributed by atoms with Crippen molar-refractivity contribution in [1.82, 2.24) is 20.4 Å². The molecule has 1 aromatic heterocycles. The van der Waals surface area contributed by atoms with Crippen molar-refractivity contribution in [3.05, 3.63) is 35.2 Å². The normalized spacial score (nSPS) is 16.8. The lowest BCUT2D eigenvalue weighted by molar-refractivity contribution is -0.147. The molecule has 0 saturated carbocycles. The van der Waals surface area contributed by atoms with E-state index in [0.717, 1.165) is 10.1 Å². The predicted molar refractivity (Wildman–Crippen MR) is 145 cm³/mol. The lowest BCUT2D eigenvalue weighted by Crippen LogP contribution is -2.66. The third-order valence-electron chi connectivity index (χ3n) is 7.12. The molecule has 0 unspecified atom stereocenters. The van der Waals surface area contributed by atoms with Gasteiger partial charge in [0.1, 0.15) is 11.6 Å². The van der Waals surface area contributed by atoms with Gasteiger partial charge in [0.25, 0.3) is 5.91 Å². The number of rotatable bonds is 7. The zero-order chi connectivity index (χ0) is 27.5. The summed E-state index contributed by atoms with van der Waals surface area (Å²) in [7, 11) is 0. The molecule has 0 bridgehead atoms. The maximum absolute atomic E-state index is 13.5. The van der Waals surface area contributed by atoms with Gasteiger partial charge in [0.2, 0.25) is 11.8 Å². The van der Waals surface area contributed by atoms with Gasteiger partial charge in [0.05, 0.1) is 4.88 Å². The number of hydrogen-bond acceptors (Lipinski definition) is 5. The highest BCUT2D eigenvalue weighted by Gasteiger charge is 2.48. The monoisotopic (exact) mass is 530 g/mol. The van der Waals surface area contributed by atoms with Gasteiger partial charge >= 0.3 is 6.09 Å². The van der Waals surface area contributed by atoms with Crippen molar-refractivity contribution in [2.45, 2.75) is 59.5 Å². The predicted octanol–water partition coefficient (Wildman–Crippen LogP) is 3.79. The molecule has 0 radical (unpaired) electrons. The number of carbonyl (C=O) groups excluding carboxylic acids is 3. The molecular formula is C27H38N4O5S. The highest BCUT2D eigenvalue weighted by atomic mass is 32.1. The largest absolute Gasteiger partial charge is 0.465 e. The van der Waals surface area contributed by atoms with Crippen LogP contribution in [0, 0.1) is 11.3 Å². The molecule has 202 valence electrons. The van der Waals surface area contributed by atoms with Gasteiger partial charge in [-0.1, -0.05) is 52.8 Å². The summed E-state index contributed by atoms with van der Waals surface area (Å²) < 4.78 is 1.01. The van der Waals surface area contributed by atoms with Crippen LogP contribution in [0.3, 0.4) is 0 Å². The van der Waals surface area contributed by atoms with Crippen LogP contribution in [0.5, 0.6) is 0 Å². The summed E-state index contributed by atoms with van der Waals surface area (Å²) in [5, 5.41) is 15.7. The Labute approximate surface area is 222 Å². The van der Waals surface area contributed by atoms with Gasteiger partial charge in [-0.25, -0.2) is 4.79 Å². The van der Waals surface area contributed by atoms with Crippen molar-refractivity contribution >= 4 is 45.2 Å². The number of amides is 4. The molecule has 0 aliphatic carbocycles. The van der Waals surface area contributed by atoms with E-state index in [4.69, 9.17) is 0 Å². The zero-order valence-corrected chi connectivity index (χ0v) is 23.3. The van der Waals surface area contributed by atoms with E-state index >= 15 is 0 Å². The maximum atomic E-state index is 13.5. The average Bonchev–Trinajstić information content (AvgIpc) is 3.26. The first kappa shape index (κ1) is 28.4. The number of benzene rings is 1. The van der Waals surface area contributed by atoms with Crippen LogP contribution in [0.1, 0.15) is 57.6 Å². The SMILES string of the molecule is CC(C)C[C@H](NC(=O)c1cc2ccccc2s1)C(=O)N1CCN(C(=O)[C@@](C)(NC(=O)O)C(C)(C)C)CC1. The van der Waals surface area contributed by atoms with Crippen molar-refractivity contribution in [2.75, 3.05) is 26.2 Å². The van der Waals surface area contributed by atoms with Gasteiger partial charge in [-0.05, 0) is 42.2 Å². The van der Waals surface area contributed by atoms with E-state index in [1.165, 1.54) is 11.3 Å². The minimum Gasteiger partial charge on any atom is -0.465 e. The van der Waals surface area contributed by atoms with E-state index in [-0.39, 0.29) is 36.7 Å². The van der Waals surface area contributed by atoms with E-state index in [1.54, 1.807) is 16.7 Å². The second-order valence-electron chi connectivity index (χ2n) is 11.2. The van der Waals surface area contributed by atoms with Crippen LogP contribution in [0.2, 0.25) is 0 Å². The molecule has 1 saturated heterocycles. The fourth-order valence-electron chi connectivity index (χ4n) is 4.46. The summed E-state index contributed by atoms with van der Waals surface area (Å²) in [6, 6.07) is 8.94. The topological polar surface area (TPSA) is 119 Å². The Bertz CT molecular complexity index is 1130. The van der Waals surface area contributed by atoms with E-state index in [2.05, 4.69) is 10.6 Å². The number of piperazine rings is 1. The zero-order valence-electron chi connectivity index (χ0n) is 22.5. The molecule has 2 heterocycles. The van der Waals surface area contributed by atoms with E-state index < -0.39 is 23.1 Å². The van der Waals surface area contributed by atoms with Crippen LogP contribution < -0.4 is 10.6 Å². The van der Waals surface area contributed by atoms with Gasteiger partial charge in [-0.3, -0.25) is 14.4 Å². The summed E-state index contributed by atoms with van der Waals surface area (Å²) in [6.07, 6.45) is -0.760. The molecule has 1 aliphatic heterocycles. The standard InChI is InChI=1S/C27H38N4O5S/c1-17(2)15-19(28-22(32)21-16-18-9-7-8-10-20(18)37-21)23(33)30-11-13-31(14-12-30)24(34)27(6,26(3,4)5)29-25(35)36/h7-10,16-17,19,29H,11-15H2,1-6H3,(H,28,32)(H,35,36)/t19-,27+/m0/s1. The number of nitrogens with one attached hydrogen (secondary N) is 2. The van der Waals surface area contributed by atoms with E-state index in [1.807, 2.05) is 65.0 Å². The fraction of sp³-hybridized carbons (Fsp3) is 0.556. The molecule has 2 atom stereocenters. The summed E-state index contributed by atoms with van der Waals surface area (Å²) in [5.41, 5.74) is -1.97. The van der Waals surface area contributed by atoms with Crippen LogP contribution in [-0.2, 0) is 9.59 Å². The van der Waals surface area contributed by atoms with Gasteiger partial charge in [-0.15, -0.1) is 11.3 Å². The Hall–Kier alpha value is -3.14. The molecule has 1 fully saturated rings. The van der Waals surface area contributed by atoms with E-state index in [0.29, 0.717) is 24.4 Å². The summed E-state index contributed by atoms with van der Waals surface area (Å²) in [5.74, 6) is -0.562. The van der Waals surface area contributed by atoms with Gasteiger partial charge in [-0.2, -0.15) is 0 Å². The minimum absolute atomic E-state index is 0.169. The molecule has 37 heavy (non-hydrogen) atoms. The Balaban J connectivity index is 1.69. The number of hydrogen-bond donors (Lipinski definition) is 3. The third-order valence-corrected chi connectivity index (χ3v) is 8.24. The van der Waals surface area contributed by atoms with Crippen molar-refractivity contribution in [3.63, 3.8) is 0 Å². The second kappa shape index (κ2) is 11.1. The minimum atomic E-state index is -1.32. The van der Waals surface area contributed by atoms with Crippen molar-refractivity contribution < 1.29 is 24.3 Å². The van der Waals surface area contributed by atoms with Crippen molar-refractivity contribution in [1.29, 1.82) is 0 Å². The summed E-state index contributed by atoms with van der Waals surface area (Å²) in [6.45, 7) is 12.3. The molecular weight excluding hydrogens is 492 g/mol. The van der Waals surface area contributed by atoms with E-state index in [9.17, 15) is 24.3 Å². The number of nitrogens with zero attached hydrogens (tertiary/aromatic N) is 2. The molecule has 3 rings (SSSR count). The van der Waals surface area contributed by atoms with Gasteiger partial charge in [0.15, 0.2) is 0 Å². The van der Waals surface area contributed by atoms with Crippen molar-refractivity contribution in [2.24, 2.45) is 11.3 Å². The first-order valence-corrected chi connectivity index (χ1v) is 13.4. The highest BCUT2D eigenvalue weighted by Crippen LogP contribution is 2.32. The third kappa shape index (κ3) is 6.41. The number of fused-ring (bicyclic) bond motifs is 1. The molecule has 9 nitrogen and oxygen atoms in total. The number of carboxylic acid groups (broad SMARTS) is 1. The number of carbonyl (C=O) groups is 4. The Morgan fingerprint density at radius 2 is 1.59 bits per heavy atom. The Morgan fingerprint density at radius 3 is 2.14 bits per heavy atom. The first-order chi connectivity index (χ1) is 17.2. The van der Waals surface area contributed by atoms with Crippen LogP contribution in [0.4, 0.5) is 4.79 Å². The van der Waals surface area contributed by atoms with Gasteiger partial charge in [0, 0.05) is 30.9 Å². The van der Waals surface area contributed by atoms with Crippen molar-refractivity contribution in [3.8, 4) is 0 Å². The first-order valence-electron chi connectivity index (χ1n) is 12.6. The molecule has 1 aromatic carbocycles.